The molecule has 0 aliphatic carbocycles. The molecule has 66 valence electrons. The van der Waals surface area contributed by atoms with E-state index in [1.54, 1.807) is 17.4 Å². The van der Waals surface area contributed by atoms with Gasteiger partial charge in [-0.25, -0.2) is 4.98 Å². The standard InChI is InChI=1S/C9H7ClN2S/c10-6-4-7(12-9(11)5-6)8-2-1-3-13-8/h1-5H,(H2,11,12). The summed E-state index contributed by atoms with van der Waals surface area (Å²) in [7, 11) is 0. The number of nitrogens with two attached hydrogens (primary N) is 1. The molecule has 0 saturated heterocycles. The number of nitrogen functional groups attached to an aromatic ring is 1. The molecule has 2 rings (SSSR count). The van der Waals surface area contributed by atoms with Gasteiger partial charge in [-0.2, -0.15) is 0 Å². The second-order valence-electron chi connectivity index (χ2n) is 2.57. The molecule has 0 aromatic carbocycles. The molecule has 2 aromatic rings. The summed E-state index contributed by atoms with van der Waals surface area (Å²) >= 11 is 7.47. The molecular formula is C9H7ClN2S. The van der Waals surface area contributed by atoms with Crippen LogP contribution in [0.1, 0.15) is 0 Å². The van der Waals surface area contributed by atoms with Crippen LogP contribution in [0.3, 0.4) is 0 Å². The summed E-state index contributed by atoms with van der Waals surface area (Å²) in [4.78, 5) is 5.26. The monoisotopic (exact) mass is 210 g/mol. The molecule has 0 saturated carbocycles. The van der Waals surface area contributed by atoms with Gasteiger partial charge in [-0.1, -0.05) is 17.7 Å². The van der Waals surface area contributed by atoms with E-state index in [0.717, 1.165) is 10.6 Å². The minimum atomic E-state index is 0.455. The predicted molar refractivity (Wildman–Crippen MR) is 57.0 cm³/mol. The fourth-order valence-electron chi connectivity index (χ4n) is 1.07. The molecule has 0 radical (unpaired) electrons. The quantitative estimate of drug-likeness (QED) is 0.786. The van der Waals surface area contributed by atoms with Crippen molar-refractivity contribution in [3.05, 3.63) is 34.7 Å². The topological polar surface area (TPSA) is 38.9 Å². The van der Waals surface area contributed by atoms with E-state index in [0.29, 0.717) is 10.8 Å². The summed E-state index contributed by atoms with van der Waals surface area (Å²) in [5.74, 6) is 0.455. The lowest BCUT2D eigenvalue weighted by Crippen LogP contribution is -1.90. The first kappa shape index (κ1) is 8.53. The average molecular weight is 211 g/mol. The lowest BCUT2D eigenvalue weighted by Gasteiger charge is -1.99. The highest BCUT2D eigenvalue weighted by molar-refractivity contribution is 7.13. The van der Waals surface area contributed by atoms with Crippen LogP contribution in [-0.2, 0) is 0 Å². The Morgan fingerprint density at radius 1 is 1.38 bits per heavy atom. The average Bonchev–Trinajstić information content (AvgIpc) is 2.53. The number of hydrogen-bond donors (Lipinski definition) is 1. The van der Waals surface area contributed by atoms with Gasteiger partial charge in [0, 0.05) is 5.02 Å². The van der Waals surface area contributed by atoms with E-state index in [2.05, 4.69) is 4.98 Å². The Labute approximate surface area is 85.0 Å². The molecule has 0 aliphatic rings. The highest BCUT2D eigenvalue weighted by Gasteiger charge is 2.02. The molecule has 2 aromatic heterocycles. The Bertz CT molecular complexity index is 391. The summed E-state index contributed by atoms with van der Waals surface area (Å²) in [6, 6.07) is 7.41. The predicted octanol–water partition coefficient (Wildman–Crippen LogP) is 3.05. The lowest BCUT2D eigenvalue weighted by atomic mass is 10.3. The number of rotatable bonds is 1. The molecule has 0 aliphatic heterocycles. The zero-order valence-corrected chi connectivity index (χ0v) is 8.27. The van der Waals surface area contributed by atoms with Gasteiger partial charge in [0.05, 0.1) is 10.6 Å². The molecule has 13 heavy (non-hydrogen) atoms. The Morgan fingerprint density at radius 2 is 2.23 bits per heavy atom. The van der Waals surface area contributed by atoms with Crippen LogP contribution in [0.25, 0.3) is 10.6 Å². The van der Waals surface area contributed by atoms with Gasteiger partial charge in [0.25, 0.3) is 0 Å². The number of anilines is 1. The van der Waals surface area contributed by atoms with Crippen molar-refractivity contribution >= 4 is 28.8 Å². The Hall–Kier alpha value is -1.06. The minimum absolute atomic E-state index is 0.455. The van der Waals surface area contributed by atoms with E-state index in [-0.39, 0.29) is 0 Å². The van der Waals surface area contributed by atoms with Crippen molar-refractivity contribution in [3.8, 4) is 10.6 Å². The molecule has 0 unspecified atom stereocenters. The SMILES string of the molecule is Nc1cc(Cl)cc(-c2cccs2)n1. The van der Waals surface area contributed by atoms with Crippen LogP contribution >= 0.6 is 22.9 Å². The number of hydrogen-bond acceptors (Lipinski definition) is 3. The van der Waals surface area contributed by atoms with Gasteiger partial charge in [0.15, 0.2) is 0 Å². The lowest BCUT2D eigenvalue weighted by molar-refractivity contribution is 1.35. The van der Waals surface area contributed by atoms with E-state index < -0.39 is 0 Å². The van der Waals surface area contributed by atoms with Crippen molar-refractivity contribution in [1.29, 1.82) is 0 Å². The van der Waals surface area contributed by atoms with E-state index in [1.807, 2.05) is 23.6 Å². The van der Waals surface area contributed by atoms with Crippen molar-refractivity contribution in [2.24, 2.45) is 0 Å². The molecule has 2 nitrogen and oxygen atoms in total. The number of pyridine rings is 1. The molecule has 0 spiro atoms. The Balaban J connectivity index is 2.53. The third-order valence-electron chi connectivity index (χ3n) is 1.58. The second-order valence-corrected chi connectivity index (χ2v) is 3.96. The molecular weight excluding hydrogens is 204 g/mol. The zero-order valence-electron chi connectivity index (χ0n) is 6.70. The van der Waals surface area contributed by atoms with Crippen LogP contribution in [-0.4, -0.2) is 4.98 Å². The van der Waals surface area contributed by atoms with Crippen LogP contribution in [0, 0.1) is 0 Å². The molecule has 0 fully saturated rings. The third-order valence-corrected chi connectivity index (χ3v) is 2.69. The van der Waals surface area contributed by atoms with Crippen LogP contribution in [0.15, 0.2) is 29.6 Å². The maximum absolute atomic E-state index is 5.85. The first-order valence-electron chi connectivity index (χ1n) is 3.72. The minimum Gasteiger partial charge on any atom is -0.384 e. The highest BCUT2D eigenvalue weighted by atomic mass is 35.5. The summed E-state index contributed by atoms with van der Waals surface area (Å²) in [6.45, 7) is 0. The van der Waals surface area contributed by atoms with Crippen molar-refractivity contribution in [2.75, 3.05) is 5.73 Å². The first-order chi connectivity index (χ1) is 6.25. The number of nitrogens with zero attached hydrogens (tertiary/aromatic N) is 1. The number of halogens is 1. The van der Waals surface area contributed by atoms with Crippen molar-refractivity contribution in [2.45, 2.75) is 0 Å². The van der Waals surface area contributed by atoms with Crippen LogP contribution in [0.4, 0.5) is 5.82 Å². The highest BCUT2D eigenvalue weighted by Crippen LogP contribution is 2.26. The van der Waals surface area contributed by atoms with Crippen molar-refractivity contribution in [1.82, 2.24) is 4.98 Å². The molecule has 0 amide bonds. The van der Waals surface area contributed by atoms with Gasteiger partial charge in [-0.15, -0.1) is 11.3 Å². The van der Waals surface area contributed by atoms with Gasteiger partial charge < -0.3 is 5.73 Å². The van der Waals surface area contributed by atoms with E-state index >= 15 is 0 Å². The molecule has 2 heterocycles. The van der Waals surface area contributed by atoms with E-state index in [1.165, 1.54) is 0 Å². The van der Waals surface area contributed by atoms with E-state index in [4.69, 9.17) is 17.3 Å². The molecule has 0 bridgehead atoms. The number of aromatic nitrogens is 1. The molecule has 4 heteroatoms. The number of thiophene rings is 1. The fraction of sp³-hybridized carbons (Fsp3) is 0. The summed E-state index contributed by atoms with van der Waals surface area (Å²) in [5, 5.41) is 2.62. The van der Waals surface area contributed by atoms with Crippen LogP contribution in [0.5, 0.6) is 0 Å². The van der Waals surface area contributed by atoms with Crippen molar-refractivity contribution in [3.63, 3.8) is 0 Å². The Kier molecular flexibility index (Phi) is 2.20. The molecule has 0 atom stereocenters. The van der Waals surface area contributed by atoms with Gasteiger partial charge in [0.2, 0.25) is 0 Å². The van der Waals surface area contributed by atoms with Crippen LogP contribution in [0.2, 0.25) is 5.02 Å². The maximum Gasteiger partial charge on any atom is 0.125 e. The Morgan fingerprint density at radius 3 is 2.85 bits per heavy atom. The summed E-state index contributed by atoms with van der Waals surface area (Å²) in [6.07, 6.45) is 0. The summed E-state index contributed by atoms with van der Waals surface area (Å²) in [5.41, 5.74) is 6.41. The smallest absolute Gasteiger partial charge is 0.125 e. The van der Waals surface area contributed by atoms with Gasteiger partial charge in [-0.3, -0.25) is 0 Å². The first-order valence-corrected chi connectivity index (χ1v) is 4.98. The largest absolute Gasteiger partial charge is 0.384 e. The van der Waals surface area contributed by atoms with Crippen molar-refractivity contribution < 1.29 is 0 Å². The molecule has 2 N–H and O–H groups in total. The zero-order chi connectivity index (χ0) is 9.26. The van der Waals surface area contributed by atoms with Crippen LogP contribution < -0.4 is 5.73 Å². The van der Waals surface area contributed by atoms with Gasteiger partial charge in [0.1, 0.15) is 5.82 Å². The van der Waals surface area contributed by atoms with Gasteiger partial charge in [-0.05, 0) is 23.6 Å². The normalized spacial score (nSPS) is 10.2. The maximum atomic E-state index is 5.85. The second kappa shape index (κ2) is 3.36. The third kappa shape index (κ3) is 1.82. The van der Waals surface area contributed by atoms with E-state index in [9.17, 15) is 0 Å². The summed E-state index contributed by atoms with van der Waals surface area (Å²) < 4.78 is 0. The van der Waals surface area contributed by atoms with Gasteiger partial charge >= 0.3 is 0 Å². The fourth-order valence-corrected chi connectivity index (χ4v) is 1.97.